The van der Waals surface area contributed by atoms with Crippen molar-refractivity contribution in [1.82, 2.24) is 19.9 Å². The second-order valence-electron chi connectivity index (χ2n) is 10.1. The Morgan fingerprint density at radius 2 is 1.90 bits per heavy atom. The number of halogens is 4. The number of carbonyl (C=O) groups excluding carboxylic acids is 1. The molecule has 0 spiro atoms. The zero-order valence-corrected chi connectivity index (χ0v) is 23.3. The van der Waals surface area contributed by atoms with Gasteiger partial charge in [-0.05, 0) is 37.5 Å². The summed E-state index contributed by atoms with van der Waals surface area (Å²) in [6.07, 6.45) is -1.58. The third kappa shape index (κ3) is 6.62. The van der Waals surface area contributed by atoms with Crippen LogP contribution in [0.15, 0.2) is 30.6 Å². The lowest BCUT2D eigenvalue weighted by molar-refractivity contribution is -0.142. The van der Waals surface area contributed by atoms with E-state index in [4.69, 9.17) is 4.74 Å². The number of likely N-dealkylation sites (tertiary alicyclic amines) is 1. The van der Waals surface area contributed by atoms with Crippen molar-refractivity contribution in [2.45, 2.75) is 38.2 Å². The maximum Gasteiger partial charge on any atom is 0.419 e. The summed E-state index contributed by atoms with van der Waals surface area (Å²) in [5.74, 6) is -1.63. The SMILES string of the molecule is COc1ccc(-c2nc(NC(=O)c3cnc(N4CCC(C(=O)O)CC4)cn3)sc2CN2CC[C@H](F)C2)cc1C(F)(F)F. The summed E-state index contributed by atoms with van der Waals surface area (Å²) in [6.45, 7) is 1.95. The Kier molecular flexibility index (Phi) is 8.59. The minimum absolute atomic E-state index is 0.00101. The monoisotopic (exact) mass is 608 g/mol. The van der Waals surface area contributed by atoms with E-state index in [2.05, 4.69) is 20.3 Å². The number of amides is 1. The molecule has 3 aromatic rings. The highest BCUT2D eigenvalue weighted by atomic mass is 32.1. The first kappa shape index (κ1) is 29.6. The first-order valence-corrected chi connectivity index (χ1v) is 14.1. The number of nitrogens with zero attached hydrogens (tertiary/aromatic N) is 5. The number of aliphatic carboxylic acids is 1. The molecule has 42 heavy (non-hydrogen) atoms. The second kappa shape index (κ2) is 12.2. The van der Waals surface area contributed by atoms with Gasteiger partial charge in [0.1, 0.15) is 23.4 Å². The van der Waals surface area contributed by atoms with Crippen LogP contribution < -0.4 is 15.0 Å². The summed E-state index contributed by atoms with van der Waals surface area (Å²) in [4.78, 5) is 41.5. The van der Waals surface area contributed by atoms with Gasteiger partial charge in [0.05, 0.1) is 36.7 Å². The van der Waals surface area contributed by atoms with E-state index in [-0.39, 0.29) is 40.9 Å². The molecule has 5 rings (SSSR count). The van der Waals surface area contributed by atoms with Crippen molar-refractivity contribution in [2.24, 2.45) is 5.92 Å². The Bertz CT molecular complexity index is 1440. The number of alkyl halides is 4. The minimum Gasteiger partial charge on any atom is -0.496 e. The molecular formula is C27H28F4N6O4S. The van der Waals surface area contributed by atoms with Crippen molar-refractivity contribution in [2.75, 3.05) is 43.5 Å². The predicted octanol–water partition coefficient (Wildman–Crippen LogP) is 4.72. The van der Waals surface area contributed by atoms with Crippen LogP contribution in [0.2, 0.25) is 0 Å². The van der Waals surface area contributed by atoms with Crippen molar-refractivity contribution < 1.29 is 37.0 Å². The van der Waals surface area contributed by atoms with Crippen molar-refractivity contribution in [1.29, 1.82) is 0 Å². The molecule has 1 atom stereocenters. The lowest BCUT2D eigenvalue weighted by atomic mass is 9.97. The minimum atomic E-state index is -4.66. The topological polar surface area (TPSA) is 121 Å². The van der Waals surface area contributed by atoms with E-state index in [1.807, 2.05) is 9.80 Å². The lowest BCUT2D eigenvalue weighted by Gasteiger charge is -2.30. The summed E-state index contributed by atoms with van der Waals surface area (Å²) >= 11 is 1.09. The number of carboxylic acid groups (broad SMARTS) is 1. The van der Waals surface area contributed by atoms with Gasteiger partial charge in [-0.1, -0.05) is 11.3 Å². The Morgan fingerprint density at radius 1 is 1.14 bits per heavy atom. The van der Waals surface area contributed by atoms with Gasteiger partial charge in [-0.3, -0.25) is 19.8 Å². The highest BCUT2D eigenvalue weighted by Crippen LogP contribution is 2.41. The van der Waals surface area contributed by atoms with Crippen LogP contribution >= 0.6 is 11.3 Å². The molecule has 2 saturated heterocycles. The molecule has 2 aliphatic rings. The first-order chi connectivity index (χ1) is 20.0. The van der Waals surface area contributed by atoms with Gasteiger partial charge in [-0.2, -0.15) is 13.2 Å². The van der Waals surface area contributed by atoms with Crippen LogP contribution in [0.25, 0.3) is 11.3 Å². The molecule has 10 nitrogen and oxygen atoms in total. The van der Waals surface area contributed by atoms with E-state index in [9.17, 15) is 32.3 Å². The molecule has 0 saturated carbocycles. The fraction of sp³-hybridized carbons (Fsp3) is 0.444. The number of thiazole rings is 1. The fourth-order valence-corrected chi connectivity index (χ4v) is 6.09. The van der Waals surface area contributed by atoms with E-state index < -0.39 is 35.7 Å². The molecule has 0 aliphatic carbocycles. The van der Waals surface area contributed by atoms with Crippen LogP contribution in [0, 0.1) is 5.92 Å². The third-order valence-electron chi connectivity index (χ3n) is 7.32. The molecule has 2 N–H and O–H groups in total. The second-order valence-corrected chi connectivity index (χ2v) is 11.2. The zero-order chi connectivity index (χ0) is 30.0. The summed E-state index contributed by atoms with van der Waals surface area (Å²) in [5, 5.41) is 12.0. The number of carboxylic acids is 1. The number of rotatable bonds is 8. The number of ether oxygens (including phenoxy) is 1. The van der Waals surface area contributed by atoms with Gasteiger partial charge < -0.3 is 14.7 Å². The molecular weight excluding hydrogens is 580 g/mol. The third-order valence-corrected chi connectivity index (χ3v) is 8.27. The van der Waals surface area contributed by atoms with Crippen LogP contribution in [0.1, 0.15) is 40.2 Å². The summed E-state index contributed by atoms with van der Waals surface area (Å²) in [5.41, 5.74) is -0.528. The van der Waals surface area contributed by atoms with Crippen LogP contribution in [0.5, 0.6) is 5.75 Å². The lowest BCUT2D eigenvalue weighted by Crippen LogP contribution is -2.36. The van der Waals surface area contributed by atoms with Crippen molar-refractivity contribution in [3.05, 3.63) is 46.7 Å². The molecule has 224 valence electrons. The largest absolute Gasteiger partial charge is 0.496 e. The molecule has 0 unspecified atom stereocenters. The quantitative estimate of drug-likeness (QED) is 0.350. The molecule has 0 bridgehead atoms. The van der Waals surface area contributed by atoms with E-state index in [0.29, 0.717) is 49.6 Å². The molecule has 4 heterocycles. The first-order valence-electron chi connectivity index (χ1n) is 13.2. The standard InChI is InChI=1S/C27H28F4N6O4S/c1-41-20-3-2-16(10-18(20)27(29,30)31)23-21(14-36-7-6-17(28)13-36)42-26(34-23)35-24(38)19-11-33-22(12-32-19)37-8-4-15(5-9-37)25(39)40/h2-3,10-12,15,17H,4-9,13-14H2,1H3,(H,39,40)(H,34,35,38)/t17-/m0/s1. The maximum absolute atomic E-state index is 13.8. The predicted molar refractivity (Wildman–Crippen MR) is 146 cm³/mol. The number of carbonyl (C=O) groups is 2. The molecule has 2 aliphatic heterocycles. The smallest absolute Gasteiger partial charge is 0.419 e. The maximum atomic E-state index is 13.8. The molecule has 1 amide bonds. The Hall–Kier alpha value is -3.85. The molecule has 2 fully saturated rings. The zero-order valence-electron chi connectivity index (χ0n) is 22.5. The van der Waals surface area contributed by atoms with Gasteiger partial charge in [0.2, 0.25) is 0 Å². The Morgan fingerprint density at radius 3 is 2.50 bits per heavy atom. The van der Waals surface area contributed by atoms with Gasteiger partial charge >= 0.3 is 12.1 Å². The van der Waals surface area contributed by atoms with Gasteiger partial charge in [0, 0.05) is 43.2 Å². The Balaban J connectivity index is 1.36. The number of piperidine rings is 1. The van der Waals surface area contributed by atoms with Crippen molar-refractivity contribution in [3.63, 3.8) is 0 Å². The number of hydrogen-bond donors (Lipinski definition) is 2. The summed E-state index contributed by atoms with van der Waals surface area (Å²) < 4.78 is 59.9. The van der Waals surface area contributed by atoms with Gasteiger partial charge in [-0.25, -0.2) is 19.3 Å². The number of aromatic nitrogens is 3. The molecule has 2 aromatic heterocycles. The number of methoxy groups -OCH3 is 1. The number of benzene rings is 1. The van der Waals surface area contributed by atoms with Gasteiger partial charge in [-0.15, -0.1) is 0 Å². The Labute approximate surface area is 242 Å². The summed E-state index contributed by atoms with van der Waals surface area (Å²) in [7, 11) is 1.16. The number of nitrogens with one attached hydrogen (secondary N) is 1. The van der Waals surface area contributed by atoms with Crippen LogP contribution in [-0.4, -0.2) is 76.3 Å². The molecule has 15 heteroatoms. The van der Waals surface area contributed by atoms with Crippen LogP contribution in [0.3, 0.4) is 0 Å². The highest BCUT2D eigenvalue weighted by molar-refractivity contribution is 7.16. The van der Waals surface area contributed by atoms with E-state index in [1.54, 1.807) is 0 Å². The number of hydrogen-bond acceptors (Lipinski definition) is 9. The van der Waals surface area contributed by atoms with Crippen molar-refractivity contribution in [3.8, 4) is 17.0 Å². The van der Waals surface area contributed by atoms with Crippen molar-refractivity contribution >= 4 is 34.2 Å². The van der Waals surface area contributed by atoms with Gasteiger partial charge in [0.25, 0.3) is 5.91 Å². The van der Waals surface area contributed by atoms with Crippen LogP contribution in [-0.2, 0) is 17.5 Å². The van der Waals surface area contributed by atoms with Crippen LogP contribution in [0.4, 0.5) is 28.5 Å². The van der Waals surface area contributed by atoms with E-state index in [0.717, 1.165) is 24.5 Å². The molecule has 1 aromatic carbocycles. The summed E-state index contributed by atoms with van der Waals surface area (Å²) in [6, 6.07) is 3.63. The van der Waals surface area contributed by atoms with Gasteiger partial charge in [0.15, 0.2) is 5.13 Å². The average Bonchev–Trinajstić information content (AvgIpc) is 3.57. The number of anilines is 2. The van der Waals surface area contributed by atoms with E-state index >= 15 is 0 Å². The highest BCUT2D eigenvalue weighted by Gasteiger charge is 2.35. The average molecular weight is 609 g/mol. The van der Waals surface area contributed by atoms with E-state index in [1.165, 1.54) is 24.5 Å². The molecule has 0 radical (unpaired) electrons. The normalized spacial score (nSPS) is 18.3. The fourth-order valence-electron chi connectivity index (χ4n) is 5.07.